The number of aryl methyl sites for hydroxylation is 1. The number of rotatable bonds is 4. The SMILES string of the molecule is Cc1ccc2[nH]nc(C(=O)NCc3ccc(C(=O)N4CCNC(=O)C4)cc3)c2c1. The number of aromatic amines is 1. The molecule has 1 aliphatic heterocycles. The molecule has 3 N–H and O–H groups in total. The van der Waals surface area contributed by atoms with Gasteiger partial charge in [-0.2, -0.15) is 5.10 Å². The quantitative estimate of drug-likeness (QED) is 0.624. The lowest BCUT2D eigenvalue weighted by Crippen LogP contribution is -2.49. The van der Waals surface area contributed by atoms with Crippen LogP contribution in [0.2, 0.25) is 0 Å². The Labute approximate surface area is 167 Å². The molecule has 0 bridgehead atoms. The molecule has 1 fully saturated rings. The summed E-state index contributed by atoms with van der Waals surface area (Å²) >= 11 is 0. The van der Waals surface area contributed by atoms with E-state index in [0.29, 0.717) is 30.9 Å². The maximum atomic E-state index is 12.5. The van der Waals surface area contributed by atoms with E-state index in [1.165, 1.54) is 4.90 Å². The number of carbonyl (C=O) groups excluding carboxylic acids is 3. The Bertz CT molecular complexity index is 1090. The number of aromatic nitrogens is 2. The number of nitrogens with one attached hydrogen (secondary N) is 3. The maximum Gasteiger partial charge on any atom is 0.272 e. The third-order valence-electron chi connectivity index (χ3n) is 4.91. The Morgan fingerprint density at radius 1 is 1.17 bits per heavy atom. The molecular weight excluding hydrogens is 370 g/mol. The molecule has 0 radical (unpaired) electrons. The molecule has 4 rings (SSSR count). The van der Waals surface area contributed by atoms with Crippen molar-refractivity contribution >= 4 is 28.6 Å². The Kier molecular flexibility index (Phi) is 4.99. The van der Waals surface area contributed by atoms with E-state index in [9.17, 15) is 14.4 Å². The van der Waals surface area contributed by atoms with Crippen molar-refractivity contribution in [3.8, 4) is 0 Å². The lowest BCUT2D eigenvalue weighted by Gasteiger charge is -2.26. The fourth-order valence-electron chi connectivity index (χ4n) is 3.33. The van der Waals surface area contributed by atoms with Gasteiger partial charge in [0.2, 0.25) is 5.91 Å². The summed E-state index contributed by atoms with van der Waals surface area (Å²) in [6, 6.07) is 12.8. The van der Waals surface area contributed by atoms with E-state index in [4.69, 9.17) is 0 Å². The third-order valence-corrected chi connectivity index (χ3v) is 4.91. The number of hydrogen-bond acceptors (Lipinski definition) is 4. The predicted molar refractivity (Wildman–Crippen MR) is 107 cm³/mol. The fraction of sp³-hybridized carbons (Fsp3) is 0.238. The molecule has 0 saturated carbocycles. The molecule has 2 heterocycles. The number of hydrogen-bond donors (Lipinski definition) is 3. The van der Waals surface area contributed by atoms with E-state index in [2.05, 4.69) is 20.8 Å². The number of amides is 3. The summed E-state index contributed by atoms with van der Waals surface area (Å²) < 4.78 is 0. The zero-order chi connectivity index (χ0) is 20.4. The first-order chi connectivity index (χ1) is 14.0. The Morgan fingerprint density at radius 3 is 2.72 bits per heavy atom. The van der Waals surface area contributed by atoms with Crippen LogP contribution in [-0.4, -0.2) is 52.5 Å². The molecule has 0 atom stereocenters. The molecule has 0 spiro atoms. The molecule has 29 heavy (non-hydrogen) atoms. The summed E-state index contributed by atoms with van der Waals surface area (Å²) in [5, 5.41) is 13.3. The predicted octanol–water partition coefficient (Wildman–Crippen LogP) is 1.37. The van der Waals surface area contributed by atoms with Gasteiger partial charge in [0.15, 0.2) is 5.69 Å². The normalized spacial score (nSPS) is 14.0. The van der Waals surface area contributed by atoms with Gasteiger partial charge in [-0.3, -0.25) is 19.5 Å². The van der Waals surface area contributed by atoms with E-state index in [1.54, 1.807) is 24.3 Å². The van der Waals surface area contributed by atoms with Gasteiger partial charge in [0.25, 0.3) is 11.8 Å². The van der Waals surface area contributed by atoms with Crippen molar-refractivity contribution in [3.05, 3.63) is 64.8 Å². The van der Waals surface area contributed by atoms with Crippen molar-refractivity contribution in [1.82, 2.24) is 25.7 Å². The molecule has 1 aromatic heterocycles. The van der Waals surface area contributed by atoms with Gasteiger partial charge in [0, 0.05) is 30.6 Å². The maximum absolute atomic E-state index is 12.5. The summed E-state index contributed by atoms with van der Waals surface area (Å²) in [4.78, 5) is 38.0. The van der Waals surface area contributed by atoms with Gasteiger partial charge in [-0.15, -0.1) is 0 Å². The zero-order valence-electron chi connectivity index (χ0n) is 16.0. The largest absolute Gasteiger partial charge is 0.353 e. The molecule has 1 saturated heterocycles. The second kappa shape index (κ2) is 7.75. The van der Waals surface area contributed by atoms with Crippen LogP contribution in [0.4, 0.5) is 0 Å². The number of nitrogens with zero attached hydrogens (tertiary/aromatic N) is 2. The highest BCUT2D eigenvalue weighted by Gasteiger charge is 2.22. The summed E-state index contributed by atoms with van der Waals surface area (Å²) in [5.41, 5.74) is 3.61. The van der Waals surface area contributed by atoms with Crippen molar-refractivity contribution in [1.29, 1.82) is 0 Å². The summed E-state index contributed by atoms with van der Waals surface area (Å²) in [5.74, 6) is -0.583. The molecule has 0 unspecified atom stereocenters. The Balaban J connectivity index is 1.40. The van der Waals surface area contributed by atoms with Crippen molar-refractivity contribution in [3.63, 3.8) is 0 Å². The monoisotopic (exact) mass is 391 g/mol. The minimum Gasteiger partial charge on any atom is -0.353 e. The molecule has 0 aliphatic carbocycles. The smallest absolute Gasteiger partial charge is 0.272 e. The van der Waals surface area contributed by atoms with Crippen LogP contribution in [-0.2, 0) is 11.3 Å². The van der Waals surface area contributed by atoms with Crippen LogP contribution in [0.25, 0.3) is 10.9 Å². The van der Waals surface area contributed by atoms with Crippen LogP contribution in [0, 0.1) is 6.92 Å². The van der Waals surface area contributed by atoms with E-state index in [0.717, 1.165) is 22.0 Å². The van der Waals surface area contributed by atoms with Crippen molar-refractivity contribution in [2.24, 2.45) is 0 Å². The minimum atomic E-state index is -0.263. The van der Waals surface area contributed by atoms with Gasteiger partial charge in [-0.25, -0.2) is 0 Å². The average Bonchev–Trinajstić information content (AvgIpc) is 3.15. The van der Waals surface area contributed by atoms with Crippen molar-refractivity contribution in [2.75, 3.05) is 19.6 Å². The van der Waals surface area contributed by atoms with E-state index < -0.39 is 0 Å². The highest BCUT2D eigenvalue weighted by molar-refractivity contribution is 6.04. The van der Waals surface area contributed by atoms with Gasteiger partial charge in [-0.05, 0) is 36.8 Å². The van der Waals surface area contributed by atoms with Crippen LogP contribution in [0.5, 0.6) is 0 Å². The van der Waals surface area contributed by atoms with E-state index in [1.807, 2.05) is 25.1 Å². The molecule has 3 aromatic rings. The molecule has 8 heteroatoms. The number of fused-ring (bicyclic) bond motifs is 1. The Hall–Kier alpha value is -3.68. The number of H-pyrrole nitrogens is 1. The third kappa shape index (κ3) is 3.96. The molecule has 1 aliphatic rings. The van der Waals surface area contributed by atoms with Crippen molar-refractivity contribution in [2.45, 2.75) is 13.5 Å². The molecule has 2 aromatic carbocycles. The van der Waals surface area contributed by atoms with Gasteiger partial charge in [0.05, 0.1) is 12.1 Å². The highest BCUT2D eigenvalue weighted by atomic mass is 16.2. The van der Waals surface area contributed by atoms with Crippen LogP contribution in [0.1, 0.15) is 32.0 Å². The van der Waals surface area contributed by atoms with Crippen LogP contribution < -0.4 is 10.6 Å². The van der Waals surface area contributed by atoms with Gasteiger partial charge in [-0.1, -0.05) is 23.8 Å². The van der Waals surface area contributed by atoms with Gasteiger partial charge >= 0.3 is 0 Å². The zero-order valence-corrected chi connectivity index (χ0v) is 16.0. The van der Waals surface area contributed by atoms with E-state index in [-0.39, 0.29) is 24.3 Å². The minimum absolute atomic E-state index is 0.0771. The summed E-state index contributed by atoms with van der Waals surface area (Å²) in [7, 11) is 0. The Morgan fingerprint density at radius 2 is 1.97 bits per heavy atom. The first-order valence-corrected chi connectivity index (χ1v) is 9.39. The topological polar surface area (TPSA) is 107 Å². The number of carbonyl (C=O) groups is 3. The summed E-state index contributed by atoms with van der Waals surface area (Å²) in [6.07, 6.45) is 0. The second-order valence-electron chi connectivity index (χ2n) is 7.08. The average molecular weight is 391 g/mol. The molecular formula is C21H21N5O3. The number of benzene rings is 2. The van der Waals surface area contributed by atoms with Crippen LogP contribution in [0.15, 0.2) is 42.5 Å². The fourth-order valence-corrected chi connectivity index (χ4v) is 3.33. The standard InChI is InChI=1S/C21H21N5O3/c1-13-2-7-17-16(10-13)19(25-24-17)20(28)23-11-14-3-5-15(6-4-14)21(29)26-9-8-22-18(27)12-26/h2-7,10H,8-9,11-12H2,1H3,(H,22,27)(H,23,28)(H,24,25). The second-order valence-corrected chi connectivity index (χ2v) is 7.08. The van der Waals surface area contributed by atoms with Gasteiger partial charge < -0.3 is 15.5 Å². The molecule has 148 valence electrons. The van der Waals surface area contributed by atoms with Crippen LogP contribution >= 0.6 is 0 Å². The van der Waals surface area contributed by atoms with Crippen LogP contribution in [0.3, 0.4) is 0 Å². The highest BCUT2D eigenvalue weighted by Crippen LogP contribution is 2.17. The molecule has 8 nitrogen and oxygen atoms in total. The van der Waals surface area contributed by atoms with Crippen molar-refractivity contribution < 1.29 is 14.4 Å². The lowest BCUT2D eigenvalue weighted by atomic mass is 10.1. The van der Waals surface area contributed by atoms with E-state index >= 15 is 0 Å². The van der Waals surface area contributed by atoms with Gasteiger partial charge in [0.1, 0.15) is 0 Å². The first-order valence-electron chi connectivity index (χ1n) is 9.39. The number of piperazine rings is 1. The molecule has 3 amide bonds. The first kappa shape index (κ1) is 18.7. The lowest BCUT2D eigenvalue weighted by molar-refractivity contribution is -0.123. The summed E-state index contributed by atoms with van der Waals surface area (Å²) in [6.45, 7) is 3.33.